The second-order valence-corrected chi connectivity index (χ2v) is 6.91. The summed E-state index contributed by atoms with van der Waals surface area (Å²) in [4.78, 5) is 0. The molecule has 1 aromatic rings. The number of benzene rings is 1. The van der Waals surface area contributed by atoms with Crippen LogP contribution in [0.1, 0.15) is 0 Å². The molecule has 0 aliphatic rings. The van der Waals surface area contributed by atoms with Crippen molar-refractivity contribution in [1.82, 2.24) is 0 Å². The Kier molecular flexibility index (Phi) is 2.47. The Labute approximate surface area is 69.1 Å². The fourth-order valence-corrected chi connectivity index (χ4v) is 2.08. The summed E-state index contributed by atoms with van der Waals surface area (Å²) in [5.41, 5.74) is 0. The maximum Gasteiger partial charge on any atom is 0.218 e. The predicted octanol–water partition coefficient (Wildman–Crippen LogP) is 1.91. The van der Waals surface area contributed by atoms with Crippen molar-refractivity contribution in [3.8, 4) is 0 Å². The Bertz CT molecular complexity index is 218. The number of hydrogen-bond acceptors (Lipinski definition) is 1. The molecule has 0 heterocycles. The van der Waals surface area contributed by atoms with Gasteiger partial charge in [0.25, 0.3) is 0 Å². The van der Waals surface area contributed by atoms with Gasteiger partial charge in [-0.2, -0.15) is 0 Å². The molecule has 0 aromatic heterocycles. The van der Waals surface area contributed by atoms with Crippen LogP contribution in [-0.4, -0.2) is 8.32 Å². The molecule has 0 atom stereocenters. The Morgan fingerprint density at radius 2 is 1.73 bits per heavy atom. The van der Waals surface area contributed by atoms with Crippen molar-refractivity contribution in [1.29, 1.82) is 0 Å². The molecule has 0 saturated carbocycles. The minimum Gasteiger partial charge on any atom is -0.411 e. The molecule has 1 nitrogen and oxygen atoms in total. The Morgan fingerprint density at radius 1 is 1.18 bits per heavy atom. The van der Waals surface area contributed by atoms with E-state index < -0.39 is 8.32 Å². The maximum absolute atomic E-state index is 5.21. The van der Waals surface area contributed by atoms with Gasteiger partial charge in [0.1, 0.15) is 0 Å². The molecule has 1 aromatic carbocycles. The molecule has 2 heteroatoms. The van der Waals surface area contributed by atoms with Gasteiger partial charge in [-0.3, -0.25) is 0 Å². The van der Waals surface area contributed by atoms with Crippen LogP contribution in [0.5, 0.6) is 0 Å². The zero-order valence-corrected chi connectivity index (χ0v) is 8.00. The van der Waals surface area contributed by atoms with Crippen LogP contribution in [0.25, 0.3) is 0 Å². The van der Waals surface area contributed by atoms with Crippen LogP contribution in [0.3, 0.4) is 0 Å². The normalized spacial score (nSPS) is 11.5. The standard InChI is InChI=1S/C9H13OSi/c1-10-11(2,3)9-7-5-4-6-8-9/h4-8H,1H2,2-3H3. The zero-order valence-electron chi connectivity index (χ0n) is 7.00. The van der Waals surface area contributed by atoms with Crippen molar-refractivity contribution in [2.45, 2.75) is 13.1 Å². The van der Waals surface area contributed by atoms with Crippen molar-refractivity contribution >= 4 is 13.5 Å². The van der Waals surface area contributed by atoms with Gasteiger partial charge in [-0.15, -0.1) is 0 Å². The van der Waals surface area contributed by atoms with Crippen molar-refractivity contribution in [3.05, 3.63) is 37.4 Å². The van der Waals surface area contributed by atoms with E-state index in [2.05, 4.69) is 32.3 Å². The van der Waals surface area contributed by atoms with Crippen molar-refractivity contribution in [3.63, 3.8) is 0 Å². The lowest BCUT2D eigenvalue weighted by Gasteiger charge is -2.19. The van der Waals surface area contributed by atoms with Gasteiger partial charge >= 0.3 is 0 Å². The lowest BCUT2D eigenvalue weighted by atomic mass is 10.4. The second-order valence-electron chi connectivity index (χ2n) is 3.02. The van der Waals surface area contributed by atoms with E-state index in [0.717, 1.165) is 0 Å². The maximum atomic E-state index is 5.21. The lowest BCUT2D eigenvalue weighted by Crippen LogP contribution is -2.42. The molecule has 1 rings (SSSR count). The second kappa shape index (κ2) is 3.20. The monoisotopic (exact) mass is 165 g/mol. The fourth-order valence-electron chi connectivity index (χ4n) is 0.923. The van der Waals surface area contributed by atoms with Crippen LogP contribution in [-0.2, 0) is 4.43 Å². The lowest BCUT2D eigenvalue weighted by molar-refractivity contribution is 0.477. The molecule has 11 heavy (non-hydrogen) atoms. The van der Waals surface area contributed by atoms with Gasteiger partial charge in [-0.25, -0.2) is 0 Å². The van der Waals surface area contributed by atoms with Crippen molar-refractivity contribution in [2.24, 2.45) is 0 Å². The highest BCUT2D eigenvalue weighted by molar-refractivity contribution is 6.84. The minimum absolute atomic E-state index is 1.29. The van der Waals surface area contributed by atoms with Crippen molar-refractivity contribution in [2.75, 3.05) is 0 Å². The van der Waals surface area contributed by atoms with E-state index in [1.54, 1.807) is 0 Å². The molecule has 0 amide bonds. The van der Waals surface area contributed by atoms with Gasteiger partial charge in [0.15, 0.2) is 0 Å². The van der Waals surface area contributed by atoms with Gasteiger partial charge < -0.3 is 4.43 Å². The molecule has 0 bridgehead atoms. The molecule has 0 aliphatic heterocycles. The molecule has 0 saturated heterocycles. The molecule has 0 fully saturated rings. The van der Waals surface area contributed by atoms with E-state index in [9.17, 15) is 0 Å². The topological polar surface area (TPSA) is 9.23 Å². The molecular weight excluding hydrogens is 152 g/mol. The first-order valence-corrected chi connectivity index (χ1v) is 6.56. The van der Waals surface area contributed by atoms with Crippen LogP contribution in [0.4, 0.5) is 0 Å². The highest BCUT2D eigenvalue weighted by Crippen LogP contribution is 2.03. The summed E-state index contributed by atoms with van der Waals surface area (Å²) in [5.74, 6) is 0. The molecule has 59 valence electrons. The zero-order chi connectivity index (χ0) is 8.32. The van der Waals surface area contributed by atoms with Gasteiger partial charge in [0.2, 0.25) is 8.32 Å². The van der Waals surface area contributed by atoms with Crippen LogP contribution in [0.15, 0.2) is 30.3 Å². The summed E-state index contributed by atoms with van der Waals surface area (Å²) in [6, 6.07) is 10.3. The largest absolute Gasteiger partial charge is 0.411 e. The molecular formula is C9H13OSi. The van der Waals surface area contributed by atoms with Crippen LogP contribution in [0.2, 0.25) is 13.1 Å². The summed E-state index contributed by atoms with van der Waals surface area (Å²) in [7, 11) is 1.83. The average molecular weight is 165 g/mol. The highest BCUT2D eigenvalue weighted by atomic mass is 28.4. The highest BCUT2D eigenvalue weighted by Gasteiger charge is 2.22. The summed E-state index contributed by atoms with van der Waals surface area (Å²) in [6.45, 7) is 4.27. The van der Waals surface area contributed by atoms with E-state index >= 15 is 0 Å². The molecule has 0 unspecified atom stereocenters. The molecule has 0 N–H and O–H groups in total. The van der Waals surface area contributed by atoms with E-state index in [4.69, 9.17) is 4.43 Å². The Morgan fingerprint density at radius 3 is 2.18 bits per heavy atom. The summed E-state index contributed by atoms with van der Waals surface area (Å²) in [5, 5.41) is 1.29. The van der Waals surface area contributed by atoms with E-state index in [1.165, 1.54) is 5.19 Å². The summed E-state index contributed by atoms with van der Waals surface area (Å²) < 4.78 is 5.21. The molecule has 1 radical (unpaired) electrons. The van der Waals surface area contributed by atoms with E-state index in [0.29, 0.717) is 0 Å². The fraction of sp³-hybridized carbons (Fsp3) is 0.222. The van der Waals surface area contributed by atoms with Crippen LogP contribution < -0.4 is 5.19 Å². The van der Waals surface area contributed by atoms with Crippen LogP contribution in [0, 0.1) is 7.11 Å². The third kappa shape index (κ3) is 1.91. The van der Waals surface area contributed by atoms with Crippen molar-refractivity contribution < 1.29 is 4.43 Å². The molecule has 0 aliphatic carbocycles. The summed E-state index contributed by atoms with van der Waals surface area (Å²) in [6.07, 6.45) is 0. The van der Waals surface area contributed by atoms with Gasteiger partial charge in [-0.05, 0) is 18.3 Å². The number of rotatable bonds is 2. The first-order valence-electron chi connectivity index (χ1n) is 3.65. The van der Waals surface area contributed by atoms with E-state index in [1.807, 2.05) is 18.2 Å². The van der Waals surface area contributed by atoms with Gasteiger partial charge in [-0.1, -0.05) is 30.3 Å². The molecule has 0 spiro atoms. The third-order valence-electron chi connectivity index (χ3n) is 1.83. The predicted molar refractivity (Wildman–Crippen MR) is 50.0 cm³/mol. The minimum atomic E-state index is -1.66. The number of hydrogen-bond donors (Lipinski definition) is 0. The smallest absolute Gasteiger partial charge is 0.218 e. The van der Waals surface area contributed by atoms with Gasteiger partial charge in [0.05, 0.1) is 7.11 Å². The van der Waals surface area contributed by atoms with Gasteiger partial charge in [0, 0.05) is 0 Å². The van der Waals surface area contributed by atoms with Crippen LogP contribution >= 0.6 is 0 Å². The summed E-state index contributed by atoms with van der Waals surface area (Å²) >= 11 is 0. The third-order valence-corrected chi connectivity index (χ3v) is 4.28. The SMILES string of the molecule is [CH2]O[Si](C)(C)c1ccccc1. The first-order chi connectivity index (χ1) is 5.17. The average Bonchev–Trinajstić information content (AvgIpc) is 2.06. The first kappa shape index (κ1) is 8.49. The van der Waals surface area contributed by atoms with E-state index in [-0.39, 0.29) is 0 Å². The quantitative estimate of drug-likeness (QED) is 0.608. The Hall–Kier alpha value is -0.603. The Balaban J connectivity index is 2.93.